The summed E-state index contributed by atoms with van der Waals surface area (Å²) in [6.45, 7) is 0. The van der Waals surface area contributed by atoms with Crippen LogP contribution in [0.5, 0.6) is 5.88 Å². The minimum absolute atomic E-state index is 0.0896. The Morgan fingerprint density at radius 2 is 2.00 bits per heavy atom. The number of aromatic nitrogens is 5. The molecule has 0 saturated heterocycles. The Morgan fingerprint density at radius 1 is 1.23 bits per heavy atom. The second-order valence-corrected chi connectivity index (χ2v) is 7.58. The molecule has 0 aromatic carbocycles. The van der Waals surface area contributed by atoms with Gasteiger partial charge in [0.1, 0.15) is 15.9 Å². The Morgan fingerprint density at radius 3 is 2.73 bits per heavy atom. The Bertz CT molecular complexity index is 1010. The molecule has 9 heteroatoms. The molecule has 1 fully saturated rings. The summed E-state index contributed by atoms with van der Waals surface area (Å²) in [6, 6.07) is 5.24. The molecule has 0 N–H and O–H groups in total. The molecular weight excluding hydrogens is 422 g/mol. The standard InChI is InChI=1S/C17H17BrClN5O2/c1-23-16(25)7-6-15(21-23)26-11-4-2-10(3-5-11)24-13-8-14(19)20-9-12(13)17(18)22-24/h6-11H,2-5H2,1H3. The summed E-state index contributed by atoms with van der Waals surface area (Å²) < 4.78 is 10.0. The molecule has 0 bridgehead atoms. The predicted octanol–water partition coefficient (Wildman–Crippen LogP) is 3.50. The lowest BCUT2D eigenvalue weighted by atomic mass is 9.93. The number of rotatable bonds is 3. The summed E-state index contributed by atoms with van der Waals surface area (Å²) in [6.07, 6.45) is 5.51. The van der Waals surface area contributed by atoms with E-state index in [-0.39, 0.29) is 17.7 Å². The molecule has 0 aliphatic heterocycles. The highest BCUT2D eigenvalue weighted by atomic mass is 79.9. The predicted molar refractivity (Wildman–Crippen MR) is 102 cm³/mol. The van der Waals surface area contributed by atoms with Gasteiger partial charge in [-0.15, -0.1) is 5.10 Å². The highest BCUT2D eigenvalue weighted by Crippen LogP contribution is 2.34. The van der Waals surface area contributed by atoms with Gasteiger partial charge in [-0.1, -0.05) is 11.6 Å². The monoisotopic (exact) mass is 437 g/mol. The van der Waals surface area contributed by atoms with Gasteiger partial charge in [0.2, 0.25) is 5.88 Å². The van der Waals surface area contributed by atoms with Crippen molar-refractivity contribution in [1.29, 1.82) is 0 Å². The van der Waals surface area contributed by atoms with Gasteiger partial charge in [-0.3, -0.25) is 9.48 Å². The van der Waals surface area contributed by atoms with Crippen molar-refractivity contribution in [3.05, 3.63) is 44.5 Å². The molecule has 7 nitrogen and oxygen atoms in total. The van der Waals surface area contributed by atoms with E-state index in [2.05, 4.69) is 31.1 Å². The third kappa shape index (κ3) is 3.35. The zero-order valence-electron chi connectivity index (χ0n) is 14.1. The fourth-order valence-electron chi connectivity index (χ4n) is 3.37. The van der Waals surface area contributed by atoms with E-state index in [9.17, 15) is 4.79 Å². The molecule has 3 aromatic heterocycles. The first-order chi connectivity index (χ1) is 12.5. The quantitative estimate of drug-likeness (QED) is 0.585. The van der Waals surface area contributed by atoms with Crippen LogP contribution < -0.4 is 10.3 Å². The number of pyridine rings is 1. The van der Waals surface area contributed by atoms with Gasteiger partial charge in [0.05, 0.1) is 16.9 Å². The van der Waals surface area contributed by atoms with Crippen molar-refractivity contribution in [3.63, 3.8) is 0 Å². The van der Waals surface area contributed by atoms with Crippen LogP contribution >= 0.6 is 27.5 Å². The van der Waals surface area contributed by atoms with Crippen LogP contribution in [0.15, 0.2) is 33.8 Å². The summed E-state index contributed by atoms with van der Waals surface area (Å²) in [7, 11) is 1.62. The maximum Gasteiger partial charge on any atom is 0.266 e. The van der Waals surface area contributed by atoms with E-state index in [0.29, 0.717) is 11.0 Å². The summed E-state index contributed by atoms with van der Waals surface area (Å²) in [5.74, 6) is 0.487. The first kappa shape index (κ1) is 17.5. The topological polar surface area (TPSA) is 74.8 Å². The lowest BCUT2D eigenvalue weighted by Crippen LogP contribution is -2.27. The lowest BCUT2D eigenvalue weighted by molar-refractivity contribution is 0.123. The Kier molecular flexibility index (Phi) is 4.71. The van der Waals surface area contributed by atoms with Crippen molar-refractivity contribution in [1.82, 2.24) is 24.5 Å². The third-order valence-electron chi connectivity index (χ3n) is 4.73. The number of fused-ring (bicyclic) bond motifs is 1. The van der Waals surface area contributed by atoms with Gasteiger partial charge in [0.25, 0.3) is 5.56 Å². The van der Waals surface area contributed by atoms with Crippen LogP contribution in [0, 0.1) is 0 Å². The first-order valence-electron chi connectivity index (χ1n) is 8.41. The van der Waals surface area contributed by atoms with Gasteiger partial charge >= 0.3 is 0 Å². The highest BCUT2D eigenvalue weighted by molar-refractivity contribution is 9.10. The number of aryl methyl sites for hydroxylation is 1. The molecule has 4 rings (SSSR count). The summed E-state index contributed by atoms with van der Waals surface area (Å²) in [5, 5.41) is 10.2. The van der Waals surface area contributed by atoms with Crippen LogP contribution in [0.4, 0.5) is 0 Å². The number of hydrogen-bond donors (Lipinski definition) is 0. The largest absolute Gasteiger partial charge is 0.473 e. The Labute approximate surface area is 163 Å². The number of nitrogens with zero attached hydrogens (tertiary/aromatic N) is 5. The SMILES string of the molecule is Cn1nc(OC2CCC(n3nc(Br)c4cnc(Cl)cc43)CC2)ccc1=O. The van der Waals surface area contributed by atoms with Gasteiger partial charge in [0, 0.05) is 31.4 Å². The van der Waals surface area contributed by atoms with E-state index in [1.54, 1.807) is 19.3 Å². The van der Waals surface area contributed by atoms with Crippen molar-refractivity contribution >= 4 is 38.4 Å². The smallest absolute Gasteiger partial charge is 0.266 e. The van der Waals surface area contributed by atoms with Crippen LogP contribution in [0.1, 0.15) is 31.7 Å². The highest BCUT2D eigenvalue weighted by Gasteiger charge is 2.26. The van der Waals surface area contributed by atoms with Crippen molar-refractivity contribution in [2.75, 3.05) is 0 Å². The van der Waals surface area contributed by atoms with Crippen LogP contribution in [0.3, 0.4) is 0 Å². The molecule has 0 amide bonds. The maximum absolute atomic E-state index is 11.4. The molecule has 0 unspecified atom stereocenters. The normalized spacial score (nSPS) is 20.4. The lowest BCUT2D eigenvalue weighted by Gasteiger charge is -2.29. The van der Waals surface area contributed by atoms with Crippen LogP contribution in [0.2, 0.25) is 5.15 Å². The molecule has 1 aliphatic rings. The minimum Gasteiger partial charge on any atom is -0.473 e. The molecule has 0 atom stereocenters. The van der Waals surface area contributed by atoms with Gasteiger partial charge in [-0.2, -0.15) is 5.10 Å². The third-order valence-corrected chi connectivity index (χ3v) is 5.52. The second kappa shape index (κ2) is 7.00. The molecule has 26 heavy (non-hydrogen) atoms. The van der Waals surface area contributed by atoms with E-state index < -0.39 is 0 Å². The van der Waals surface area contributed by atoms with Gasteiger partial charge in [-0.05, 0) is 41.6 Å². The number of hydrogen-bond acceptors (Lipinski definition) is 5. The molecule has 3 aromatic rings. The summed E-state index contributed by atoms with van der Waals surface area (Å²) in [4.78, 5) is 15.5. The van der Waals surface area contributed by atoms with E-state index in [0.717, 1.165) is 41.2 Å². The molecule has 136 valence electrons. The molecule has 0 spiro atoms. The minimum atomic E-state index is -0.148. The molecule has 0 radical (unpaired) electrons. The number of ether oxygens (including phenoxy) is 1. The van der Waals surface area contributed by atoms with Gasteiger partial charge < -0.3 is 4.74 Å². The second-order valence-electron chi connectivity index (χ2n) is 6.44. The fraction of sp³-hybridized carbons (Fsp3) is 0.412. The van der Waals surface area contributed by atoms with Crippen molar-refractivity contribution in [2.45, 2.75) is 37.8 Å². The van der Waals surface area contributed by atoms with E-state index >= 15 is 0 Å². The van der Waals surface area contributed by atoms with E-state index in [1.165, 1.54) is 10.7 Å². The van der Waals surface area contributed by atoms with Crippen molar-refractivity contribution in [3.8, 4) is 5.88 Å². The van der Waals surface area contributed by atoms with Crippen LogP contribution in [-0.2, 0) is 7.05 Å². The summed E-state index contributed by atoms with van der Waals surface area (Å²) in [5.41, 5.74) is 0.839. The van der Waals surface area contributed by atoms with Crippen molar-refractivity contribution < 1.29 is 4.74 Å². The molecular formula is C17H17BrClN5O2. The van der Waals surface area contributed by atoms with Gasteiger partial charge in [-0.25, -0.2) is 9.67 Å². The molecule has 3 heterocycles. The zero-order chi connectivity index (χ0) is 18.3. The van der Waals surface area contributed by atoms with Crippen LogP contribution in [-0.4, -0.2) is 30.6 Å². The number of halogens is 2. The Balaban J connectivity index is 1.47. The van der Waals surface area contributed by atoms with Crippen LogP contribution in [0.25, 0.3) is 10.9 Å². The Hall–Kier alpha value is -1.93. The van der Waals surface area contributed by atoms with Crippen molar-refractivity contribution in [2.24, 2.45) is 7.05 Å². The molecule has 1 saturated carbocycles. The van der Waals surface area contributed by atoms with E-state index in [4.69, 9.17) is 16.3 Å². The zero-order valence-corrected chi connectivity index (χ0v) is 16.4. The van der Waals surface area contributed by atoms with E-state index in [1.807, 2.05) is 10.7 Å². The first-order valence-corrected chi connectivity index (χ1v) is 9.58. The fourth-order valence-corrected chi connectivity index (χ4v) is 4.00. The maximum atomic E-state index is 11.4. The average molecular weight is 439 g/mol. The van der Waals surface area contributed by atoms with Gasteiger partial charge in [0.15, 0.2) is 0 Å². The average Bonchev–Trinajstić information content (AvgIpc) is 2.95. The molecule has 1 aliphatic carbocycles. The summed E-state index contributed by atoms with van der Waals surface area (Å²) >= 11 is 9.56.